The molecule has 1 aliphatic heterocycles. The third kappa shape index (κ3) is 5.20. The largest absolute Gasteiger partial charge is 0.444 e. The number of alkyl carbamates (subject to hydrolysis) is 1. The summed E-state index contributed by atoms with van der Waals surface area (Å²) in [4.78, 5) is 23.6. The second-order valence-electron chi connectivity index (χ2n) is 7.20. The molecule has 0 radical (unpaired) electrons. The summed E-state index contributed by atoms with van der Waals surface area (Å²) in [6.45, 7) is 2.74. The lowest BCUT2D eigenvalue weighted by Crippen LogP contribution is -2.35. The summed E-state index contributed by atoms with van der Waals surface area (Å²) in [5, 5.41) is 3.64. The average molecular weight is 415 g/mol. The van der Waals surface area contributed by atoms with E-state index in [1.165, 1.54) is 23.5 Å². The molecular weight excluding hydrogens is 391 g/mol. The Morgan fingerprint density at radius 3 is 2.93 bits per heavy atom. The van der Waals surface area contributed by atoms with Gasteiger partial charge in [-0.25, -0.2) is 14.2 Å². The van der Waals surface area contributed by atoms with Crippen molar-refractivity contribution in [2.75, 3.05) is 24.5 Å². The van der Waals surface area contributed by atoms with Crippen molar-refractivity contribution in [3.8, 4) is 0 Å². The number of anilines is 1. The molecule has 3 aromatic rings. The number of aromatic nitrogens is 2. The third-order valence-corrected chi connectivity index (χ3v) is 5.98. The maximum atomic E-state index is 13.3. The lowest BCUT2D eigenvalue weighted by atomic mass is 9.93. The summed E-state index contributed by atoms with van der Waals surface area (Å²) in [7, 11) is 0. The van der Waals surface area contributed by atoms with Crippen molar-refractivity contribution >= 4 is 34.2 Å². The van der Waals surface area contributed by atoms with Gasteiger partial charge in [-0.05, 0) is 55.5 Å². The summed E-state index contributed by atoms with van der Waals surface area (Å²) in [6.07, 6.45) is 4.37. The fourth-order valence-electron chi connectivity index (χ4n) is 3.59. The van der Waals surface area contributed by atoms with E-state index in [2.05, 4.69) is 20.2 Å². The predicted molar refractivity (Wildman–Crippen MR) is 112 cm³/mol. The second-order valence-corrected chi connectivity index (χ2v) is 8.17. The van der Waals surface area contributed by atoms with Crippen LogP contribution >= 0.6 is 11.3 Å². The van der Waals surface area contributed by atoms with Crippen LogP contribution in [0.25, 0.3) is 10.9 Å². The number of hydrogen-bond donors (Lipinski definition) is 1. The lowest BCUT2D eigenvalue weighted by molar-refractivity contribution is 0.140. The smallest absolute Gasteiger partial charge is 0.407 e. The van der Waals surface area contributed by atoms with Crippen molar-refractivity contribution in [1.82, 2.24) is 15.3 Å². The van der Waals surface area contributed by atoms with Crippen molar-refractivity contribution in [1.29, 1.82) is 0 Å². The molecule has 4 rings (SSSR count). The molecule has 1 N–H and O–H groups in total. The Bertz CT molecular complexity index is 958. The van der Waals surface area contributed by atoms with Crippen molar-refractivity contribution in [2.45, 2.75) is 25.9 Å². The van der Waals surface area contributed by atoms with Crippen LogP contribution in [0.15, 0.2) is 42.0 Å². The number of hydrogen-bond acceptors (Lipinski definition) is 6. The van der Waals surface area contributed by atoms with E-state index in [1.54, 1.807) is 17.8 Å². The van der Waals surface area contributed by atoms with Gasteiger partial charge in [0.05, 0.1) is 15.9 Å². The van der Waals surface area contributed by atoms with Gasteiger partial charge in [-0.3, -0.25) is 4.98 Å². The number of carbonyl (C=O) groups excluding carboxylic acids is 1. The van der Waals surface area contributed by atoms with Crippen LogP contribution in [0.3, 0.4) is 0 Å². The molecule has 1 aromatic carbocycles. The summed E-state index contributed by atoms with van der Waals surface area (Å²) in [6, 6.07) is 8.56. The van der Waals surface area contributed by atoms with Crippen LogP contribution in [-0.4, -0.2) is 35.7 Å². The summed E-state index contributed by atoms with van der Waals surface area (Å²) < 4.78 is 18.5. The Morgan fingerprint density at radius 1 is 1.28 bits per heavy atom. The molecule has 0 unspecified atom stereocenters. The monoisotopic (exact) mass is 414 g/mol. The predicted octanol–water partition coefficient (Wildman–Crippen LogP) is 4.36. The van der Waals surface area contributed by atoms with Gasteiger partial charge in [0.25, 0.3) is 0 Å². The van der Waals surface area contributed by atoms with Crippen molar-refractivity contribution in [2.24, 2.45) is 5.92 Å². The van der Waals surface area contributed by atoms with Crippen LogP contribution in [0.2, 0.25) is 0 Å². The molecule has 152 valence electrons. The molecule has 3 heterocycles. The maximum absolute atomic E-state index is 13.3. The Hall–Kier alpha value is -2.74. The number of nitrogens with one attached hydrogen (secondary N) is 1. The number of amides is 1. The number of pyridine rings is 1. The summed E-state index contributed by atoms with van der Waals surface area (Å²) in [5.74, 6) is 1.27. The molecule has 1 aliphatic rings. The van der Waals surface area contributed by atoms with Gasteiger partial charge in [-0.2, -0.15) is 0 Å². The average Bonchev–Trinajstić information content (AvgIpc) is 3.26. The van der Waals surface area contributed by atoms with Crippen LogP contribution in [0.4, 0.5) is 15.0 Å². The molecule has 29 heavy (non-hydrogen) atoms. The molecule has 0 bridgehead atoms. The minimum atomic E-state index is -0.382. The highest BCUT2D eigenvalue weighted by Gasteiger charge is 2.20. The highest BCUT2D eigenvalue weighted by Crippen LogP contribution is 2.25. The normalized spacial score (nSPS) is 14.9. The number of piperidine rings is 1. The van der Waals surface area contributed by atoms with Crippen LogP contribution in [-0.2, 0) is 11.3 Å². The van der Waals surface area contributed by atoms with Gasteiger partial charge < -0.3 is 15.0 Å². The van der Waals surface area contributed by atoms with Crippen molar-refractivity contribution < 1.29 is 13.9 Å². The van der Waals surface area contributed by atoms with E-state index >= 15 is 0 Å². The molecule has 1 fully saturated rings. The molecule has 8 heteroatoms. The number of ether oxygens (including phenoxy) is 1. The van der Waals surface area contributed by atoms with Crippen molar-refractivity contribution in [3.63, 3.8) is 0 Å². The Labute approximate surface area is 172 Å². The number of rotatable bonds is 6. The fraction of sp³-hybridized carbons (Fsp3) is 0.381. The number of halogens is 1. The first-order chi connectivity index (χ1) is 14.2. The molecule has 6 nitrogen and oxygen atoms in total. The highest BCUT2D eigenvalue weighted by atomic mass is 32.1. The second kappa shape index (κ2) is 9.17. The fourth-order valence-corrected chi connectivity index (χ4v) is 4.10. The SMILES string of the molecule is O=C(NCCC1CCN(c2ccc3cc(F)ccc3n2)CC1)OCc1cncs1. The summed E-state index contributed by atoms with van der Waals surface area (Å²) >= 11 is 1.47. The topological polar surface area (TPSA) is 67.4 Å². The van der Waals surface area contributed by atoms with Gasteiger partial charge in [0, 0.05) is 31.2 Å². The molecule has 1 saturated heterocycles. The molecule has 0 aliphatic carbocycles. The van der Waals surface area contributed by atoms with Gasteiger partial charge in [-0.15, -0.1) is 11.3 Å². The van der Waals surface area contributed by atoms with Gasteiger partial charge in [0.15, 0.2) is 0 Å². The van der Waals surface area contributed by atoms with Crippen molar-refractivity contribution in [3.05, 3.63) is 52.7 Å². The minimum Gasteiger partial charge on any atom is -0.444 e. The molecular formula is C21H23FN4O2S. The van der Waals surface area contributed by atoms with Crippen LogP contribution in [0, 0.1) is 11.7 Å². The Kier molecular flexibility index (Phi) is 6.19. The van der Waals surface area contributed by atoms with Gasteiger partial charge >= 0.3 is 6.09 Å². The minimum absolute atomic E-state index is 0.242. The molecule has 0 atom stereocenters. The number of thiazole rings is 1. The Morgan fingerprint density at radius 2 is 2.14 bits per heavy atom. The number of carbonyl (C=O) groups is 1. The summed E-state index contributed by atoms with van der Waals surface area (Å²) in [5.41, 5.74) is 2.53. The zero-order valence-corrected chi connectivity index (χ0v) is 16.8. The number of benzene rings is 1. The van der Waals surface area contributed by atoms with E-state index in [-0.39, 0.29) is 18.5 Å². The van der Waals surface area contributed by atoms with E-state index in [4.69, 9.17) is 4.74 Å². The molecule has 2 aromatic heterocycles. The van der Waals surface area contributed by atoms with Crippen LogP contribution in [0.5, 0.6) is 0 Å². The first-order valence-corrected chi connectivity index (χ1v) is 10.6. The number of fused-ring (bicyclic) bond motifs is 1. The standard InChI is InChI=1S/C21H23FN4O2S/c22-17-2-3-19-16(11-17)1-4-20(25-19)26-9-6-15(7-10-26)5-8-24-21(27)28-13-18-12-23-14-29-18/h1-4,11-12,14-15H,5-10,13H2,(H,24,27). The zero-order valence-electron chi connectivity index (χ0n) is 16.0. The molecule has 0 spiro atoms. The highest BCUT2D eigenvalue weighted by molar-refractivity contribution is 7.09. The zero-order chi connectivity index (χ0) is 20.1. The molecule has 1 amide bonds. The van der Waals surface area contributed by atoms with Gasteiger partial charge in [0.2, 0.25) is 0 Å². The Balaban J connectivity index is 1.19. The molecule has 0 saturated carbocycles. The van der Waals surface area contributed by atoms with E-state index in [0.29, 0.717) is 12.5 Å². The van der Waals surface area contributed by atoms with Crippen LogP contribution < -0.4 is 10.2 Å². The van der Waals surface area contributed by atoms with Gasteiger partial charge in [-0.1, -0.05) is 0 Å². The van der Waals surface area contributed by atoms with Gasteiger partial charge in [0.1, 0.15) is 18.2 Å². The third-order valence-electron chi connectivity index (χ3n) is 5.23. The first kappa shape index (κ1) is 19.6. The first-order valence-electron chi connectivity index (χ1n) is 9.76. The number of nitrogens with zero attached hydrogens (tertiary/aromatic N) is 3. The van der Waals surface area contributed by atoms with Crippen LogP contribution in [0.1, 0.15) is 24.1 Å². The van der Waals surface area contributed by atoms with E-state index in [0.717, 1.165) is 53.9 Å². The quantitative estimate of drug-likeness (QED) is 0.649. The lowest BCUT2D eigenvalue weighted by Gasteiger charge is -2.33. The van der Waals surface area contributed by atoms with E-state index in [9.17, 15) is 9.18 Å². The maximum Gasteiger partial charge on any atom is 0.407 e. The van der Waals surface area contributed by atoms with E-state index < -0.39 is 0 Å². The van der Waals surface area contributed by atoms with E-state index in [1.807, 2.05) is 12.1 Å².